The molecule has 98 valence electrons. The van der Waals surface area contributed by atoms with Gasteiger partial charge in [0.2, 0.25) is 11.1 Å². The summed E-state index contributed by atoms with van der Waals surface area (Å²) >= 11 is 5.64. The van der Waals surface area contributed by atoms with Crippen molar-refractivity contribution in [3.8, 4) is 0 Å². The fraction of sp³-hybridized carbons (Fsp3) is 0.182. The van der Waals surface area contributed by atoms with Crippen LogP contribution in [0.5, 0.6) is 0 Å². The summed E-state index contributed by atoms with van der Waals surface area (Å²) in [5.41, 5.74) is 1.74. The van der Waals surface area contributed by atoms with Gasteiger partial charge >= 0.3 is 5.69 Å². The molecule has 2 aromatic rings. The number of nitro groups is 1. The number of nitrogens with zero attached hydrogens (tertiary/aromatic N) is 4. The molecule has 8 heteroatoms. The van der Waals surface area contributed by atoms with Crippen LogP contribution in [0, 0.1) is 17.0 Å². The molecule has 0 bridgehead atoms. The van der Waals surface area contributed by atoms with E-state index < -0.39 is 4.92 Å². The zero-order chi connectivity index (χ0) is 13.8. The number of hydrogen-bond donors (Lipinski definition) is 1. The maximum atomic E-state index is 10.8. The highest BCUT2D eigenvalue weighted by molar-refractivity contribution is 6.28. The van der Waals surface area contributed by atoms with Gasteiger partial charge < -0.3 is 5.32 Å². The van der Waals surface area contributed by atoms with Crippen LogP contribution in [0.3, 0.4) is 0 Å². The summed E-state index contributed by atoms with van der Waals surface area (Å²) in [7, 11) is 0. The van der Waals surface area contributed by atoms with Crippen LogP contribution in [0.2, 0.25) is 5.28 Å². The zero-order valence-corrected chi connectivity index (χ0v) is 10.8. The van der Waals surface area contributed by atoms with Crippen molar-refractivity contribution in [3.05, 3.63) is 51.2 Å². The molecule has 7 nitrogen and oxygen atoms in total. The second-order valence-corrected chi connectivity index (χ2v) is 4.12. The topological polar surface area (TPSA) is 93.8 Å². The van der Waals surface area contributed by atoms with Crippen LogP contribution in [0.4, 0.5) is 11.5 Å². The Hall–Kier alpha value is -2.28. The van der Waals surface area contributed by atoms with E-state index in [2.05, 4.69) is 20.3 Å². The van der Waals surface area contributed by atoms with Crippen molar-refractivity contribution < 1.29 is 4.92 Å². The average Bonchev–Trinajstić information content (AvgIpc) is 2.37. The van der Waals surface area contributed by atoms with E-state index in [0.717, 1.165) is 17.3 Å². The van der Waals surface area contributed by atoms with Crippen LogP contribution in [-0.2, 0) is 6.54 Å². The largest absolute Gasteiger partial charge is 0.360 e. The van der Waals surface area contributed by atoms with Crippen LogP contribution in [0.15, 0.2) is 24.7 Å². The number of anilines is 1. The molecule has 0 aliphatic carbocycles. The van der Waals surface area contributed by atoms with Gasteiger partial charge in [-0.15, -0.1) is 0 Å². The minimum Gasteiger partial charge on any atom is -0.360 e. The molecule has 2 heterocycles. The van der Waals surface area contributed by atoms with Gasteiger partial charge in [0, 0.05) is 18.9 Å². The second kappa shape index (κ2) is 5.57. The van der Waals surface area contributed by atoms with Crippen LogP contribution in [0.1, 0.15) is 11.1 Å². The van der Waals surface area contributed by atoms with E-state index in [-0.39, 0.29) is 16.8 Å². The Morgan fingerprint density at radius 3 is 2.95 bits per heavy atom. The molecule has 0 saturated carbocycles. The van der Waals surface area contributed by atoms with E-state index in [1.807, 2.05) is 13.0 Å². The Kier molecular flexibility index (Phi) is 3.86. The summed E-state index contributed by atoms with van der Waals surface area (Å²) in [4.78, 5) is 21.7. The molecule has 0 fully saturated rings. The van der Waals surface area contributed by atoms with Gasteiger partial charge in [-0.1, -0.05) is 0 Å². The van der Waals surface area contributed by atoms with Crippen LogP contribution >= 0.6 is 11.6 Å². The Labute approximate surface area is 113 Å². The van der Waals surface area contributed by atoms with Gasteiger partial charge in [-0.3, -0.25) is 15.1 Å². The lowest BCUT2D eigenvalue weighted by atomic mass is 10.1. The average molecular weight is 280 g/mol. The monoisotopic (exact) mass is 279 g/mol. The first-order valence-electron chi connectivity index (χ1n) is 5.38. The normalized spacial score (nSPS) is 10.2. The Morgan fingerprint density at radius 2 is 2.26 bits per heavy atom. The minimum atomic E-state index is -0.557. The third-order valence-corrected chi connectivity index (χ3v) is 2.70. The zero-order valence-electron chi connectivity index (χ0n) is 10.00. The van der Waals surface area contributed by atoms with Crippen LogP contribution < -0.4 is 5.32 Å². The van der Waals surface area contributed by atoms with Gasteiger partial charge in [0.25, 0.3) is 0 Å². The number of hydrogen-bond acceptors (Lipinski definition) is 6. The van der Waals surface area contributed by atoms with Crippen LogP contribution in [0.25, 0.3) is 0 Å². The minimum absolute atomic E-state index is 0.0421. The molecule has 19 heavy (non-hydrogen) atoms. The van der Waals surface area contributed by atoms with E-state index in [0.29, 0.717) is 6.54 Å². The van der Waals surface area contributed by atoms with Crippen molar-refractivity contribution in [1.82, 2.24) is 15.0 Å². The Bertz CT molecular complexity index is 620. The summed E-state index contributed by atoms with van der Waals surface area (Å²) in [5, 5.41) is 13.7. The van der Waals surface area contributed by atoms with E-state index in [9.17, 15) is 10.1 Å². The number of aromatic nitrogens is 3. The second-order valence-electron chi connectivity index (χ2n) is 3.79. The third kappa shape index (κ3) is 3.14. The first kappa shape index (κ1) is 13.2. The lowest BCUT2D eigenvalue weighted by Crippen LogP contribution is -2.06. The smallest absolute Gasteiger partial charge is 0.329 e. The van der Waals surface area contributed by atoms with Gasteiger partial charge in [-0.2, -0.15) is 4.98 Å². The van der Waals surface area contributed by atoms with Gasteiger partial charge in [0.15, 0.2) is 0 Å². The molecule has 0 unspecified atom stereocenters. The quantitative estimate of drug-likeness (QED) is 0.524. The van der Waals surface area contributed by atoms with Gasteiger partial charge in [0.1, 0.15) is 6.20 Å². The van der Waals surface area contributed by atoms with Gasteiger partial charge in [0.05, 0.1) is 4.92 Å². The van der Waals surface area contributed by atoms with Crippen molar-refractivity contribution in [2.45, 2.75) is 13.5 Å². The molecule has 0 aliphatic rings. The molecule has 0 aliphatic heterocycles. The predicted molar refractivity (Wildman–Crippen MR) is 70.0 cm³/mol. The first-order chi connectivity index (χ1) is 9.08. The summed E-state index contributed by atoms with van der Waals surface area (Å²) in [5.74, 6) is 0.0983. The highest BCUT2D eigenvalue weighted by Crippen LogP contribution is 2.22. The molecule has 0 atom stereocenters. The lowest BCUT2D eigenvalue weighted by molar-refractivity contribution is -0.384. The van der Waals surface area contributed by atoms with E-state index in [1.54, 1.807) is 12.4 Å². The lowest BCUT2D eigenvalue weighted by Gasteiger charge is -2.08. The van der Waals surface area contributed by atoms with Crippen molar-refractivity contribution in [1.29, 1.82) is 0 Å². The van der Waals surface area contributed by atoms with Crippen molar-refractivity contribution in [2.75, 3.05) is 5.32 Å². The van der Waals surface area contributed by atoms with Gasteiger partial charge in [-0.25, -0.2) is 4.98 Å². The van der Waals surface area contributed by atoms with E-state index in [4.69, 9.17) is 11.6 Å². The molecule has 2 rings (SSSR count). The van der Waals surface area contributed by atoms with Crippen molar-refractivity contribution in [3.63, 3.8) is 0 Å². The molecule has 0 saturated heterocycles. The summed E-state index contributed by atoms with van der Waals surface area (Å²) < 4.78 is 0. The maximum Gasteiger partial charge on any atom is 0.329 e. The summed E-state index contributed by atoms with van der Waals surface area (Å²) in [6.45, 7) is 2.30. The number of rotatable bonds is 4. The standard InChI is InChI=1S/C11H10ClN5O2/c1-7-4-13-3-2-8(7)5-14-10-9(17(18)19)6-15-11(12)16-10/h2-4,6H,5H2,1H3,(H,14,15,16). The molecule has 0 spiro atoms. The van der Waals surface area contributed by atoms with Gasteiger partial charge in [-0.05, 0) is 35.7 Å². The predicted octanol–water partition coefficient (Wildman–Crippen LogP) is 2.35. The Morgan fingerprint density at radius 1 is 1.47 bits per heavy atom. The Balaban J connectivity index is 2.22. The molecule has 0 amide bonds. The first-order valence-corrected chi connectivity index (χ1v) is 5.76. The fourth-order valence-electron chi connectivity index (χ4n) is 1.50. The molecule has 0 radical (unpaired) electrons. The molecule has 2 aromatic heterocycles. The van der Waals surface area contributed by atoms with E-state index >= 15 is 0 Å². The van der Waals surface area contributed by atoms with Crippen LogP contribution in [-0.4, -0.2) is 19.9 Å². The summed E-state index contributed by atoms with van der Waals surface area (Å²) in [6, 6.07) is 1.83. The molecule has 0 aromatic carbocycles. The van der Waals surface area contributed by atoms with E-state index in [1.165, 1.54) is 0 Å². The van der Waals surface area contributed by atoms with Crippen molar-refractivity contribution in [2.24, 2.45) is 0 Å². The number of pyridine rings is 1. The maximum absolute atomic E-state index is 10.8. The third-order valence-electron chi connectivity index (χ3n) is 2.52. The highest BCUT2D eigenvalue weighted by atomic mass is 35.5. The number of aryl methyl sites for hydroxylation is 1. The highest BCUT2D eigenvalue weighted by Gasteiger charge is 2.16. The fourth-order valence-corrected chi connectivity index (χ4v) is 1.63. The number of nitrogens with one attached hydrogen (secondary N) is 1. The molecular weight excluding hydrogens is 270 g/mol. The van der Waals surface area contributed by atoms with Crippen molar-refractivity contribution >= 4 is 23.1 Å². The molecule has 1 N–H and O–H groups in total. The summed E-state index contributed by atoms with van der Waals surface area (Å²) in [6.07, 6.45) is 4.46. The molecular formula is C11H10ClN5O2. The SMILES string of the molecule is Cc1cnccc1CNc1nc(Cl)ncc1[N+](=O)[O-]. The number of halogens is 1.